The topological polar surface area (TPSA) is 58.9 Å². The van der Waals surface area contributed by atoms with Crippen molar-refractivity contribution in [3.8, 4) is 0 Å². The summed E-state index contributed by atoms with van der Waals surface area (Å²) in [4.78, 5) is 11.4. The molecular formula is C23H33NO3. The number of rotatable bonds is 2. The smallest absolute Gasteiger partial charge is 0.302 e. The molecule has 4 aliphatic carbocycles. The Morgan fingerprint density at radius 2 is 1.85 bits per heavy atom. The number of hydrogen-bond donors (Lipinski definition) is 1. The monoisotopic (exact) mass is 371 g/mol. The molecule has 2 saturated carbocycles. The van der Waals surface area contributed by atoms with Gasteiger partial charge in [-0.15, -0.1) is 0 Å². The lowest BCUT2D eigenvalue weighted by molar-refractivity contribution is -0.148. The molecule has 0 aromatic heterocycles. The fraction of sp³-hybridized carbons (Fsp3) is 0.739. The SMILES string of the molecule is CC(=O)O[C@H]1CC[C@@]2(C)C(=CC[C@H]3[C@H]2CC[C@]2(C)C(/C(C)=N/O)=CC[C@H]32)C1. The number of carbonyl (C=O) groups is 1. The summed E-state index contributed by atoms with van der Waals surface area (Å²) in [6, 6.07) is 0. The largest absolute Gasteiger partial charge is 0.462 e. The van der Waals surface area contributed by atoms with E-state index in [2.05, 4.69) is 31.2 Å². The lowest BCUT2D eigenvalue weighted by Gasteiger charge is -2.57. The van der Waals surface area contributed by atoms with Crippen molar-refractivity contribution in [1.29, 1.82) is 0 Å². The third-order valence-electron chi connectivity index (χ3n) is 8.51. The lowest BCUT2D eigenvalue weighted by atomic mass is 9.47. The van der Waals surface area contributed by atoms with Crippen molar-refractivity contribution in [1.82, 2.24) is 0 Å². The highest BCUT2D eigenvalue weighted by Crippen LogP contribution is 2.65. The molecule has 0 aliphatic heterocycles. The van der Waals surface area contributed by atoms with E-state index in [1.807, 2.05) is 6.92 Å². The van der Waals surface area contributed by atoms with Crippen LogP contribution in [-0.2, 0) is 9.53 Å². The Labute approximate surface area is 162 Å². The molecule has 0 saturated heterocycles. The van der Waals surface area contributed by atoms with Crippen LogP contribution in [-0.4, -0.2) is 23.0 Å². The first-order chi connectivity index (χ1) is 12.8. The Morgan fingerprint density at radius 1 is 1.11 bits per heavy atom. The average Bonchev–Trinajstić information content (AvgIpc) is 2.98. The zero-order valence-corrected chi connectivity index (χ0v) is 17.1. The molecule has 1 N–H and O–H groups in total. The molecule has 0 aromatic rings. The predicted octanol–water partition coefficient (Wildman–Crippen LogP) is 5.27. The molecule has 0 radical (unpaired) electrons. The summed E-state index contributed by atoms with van der Waals surface area (Å²) in [6.45, 7) is 8.30. The summed E-state index contributed by atoms with van der Waals surface area (Å²) in [5.74, 6) is 1.90. The van der Waals surface area contributed by atoms with E-state index >= 15 is 0 Å². The predicted molar refractivity (Wildman–Crippen MR) is 106 cm³/mol. The molecule has 0 amide bonds. The third-order valence-corrected chi connectivity index (χ3v) is 8.51. The van der Waals surface area contributed by atoms with Crippen molar-refractivity contribution in [3.05, 3.63) is 23.3 Å². The van der Waals surface area contributed by atoms with Crippen molar-refractivity contribution in [2.45, 2.75) is 78.7 Å². The summed E-state index contributed by atoms with van der Waals surface area (Å²) < 4.78 is 5.53. The summed E-state index contributed by atoms with van der Waals surface area (Å²) in [6.07, 6.45) is 12.6. The van der Waals surface area contributed by atoms with Crippen molar-refractivity contribution in [3.63, 3.8) is 0 Å². The van der Waals surface area contributed by atoms with Crippen LogP contribution in [0.1, 0.15) is 72.6 Å². The quantitative estimate of drug-likeness (QED) is 0.237. The minimum Gasteiger partial charge on any atom is -0.462 e. The van der Waals surface area contributed by atoms with Crippen LogP contribution in [0, 0.1) is 28.6 Å². The maximum Gasteiger partial charge on any atom is 0.302 e. The molecule has 6 atom stereocenters. The zero-order valence-electron chi connectivity index (χ0n) is 17.1. The second-order valence-corrected chi connectivity index (χ2v) is 9.73. The van der Waals surface area contributed by atoms with Gasteiger partial charge in [-0.2, -0.15) is 0 Å². The van der Waals surface area contributed by atoms with Crippen LogP contribution >= 0.6 is 0 Å². The number of ether oxygens (including phenoxy) is 1. The number of nitrogens with zero attached hydrogens (tertiary/aromatic N) is 1. The van der Waals surface area contributed by atoms with Crippen LogP contribution in [0.5, 0.6) is 0 Å². The van der Waals surface area contributed by atoms with Gasteiger partial charge in [-0.25, -0.2) is 0 Å². The van der Waals surface area contributed by atoms with Gasteiger partial charge >= 0.3 is 5.97 Å². The Bertz CT molecular complexity index is 736. The molecule has 4 rings (SSSR count). The molecule has 27 heavy (non-hydrogen) atoms. The summed E-state index contributed by atoms with van der Waals surface area (Å²) >= 11 is 0. The lowest BCUT2D eigenvalue weighted by Crippen LogP contribution is -2.50. The Hall–Kier alpha value is -1.58. The minimum absolute atomic E-state index is 0.0652. The van der Waals surface area contributed by atoms with Crippen LogP contribution in [0.4, 0.5) is 0 Å². The van der Waals surface area contributed by atoms with Gasteiger partial charge in [0.2, 0.25) is 0 Å². The molecule has 4 nitrogen and oxygen atoms in total. The fourth-order valence-corrected chi connectivity index (χ4v) is 7.14. The van der Waals surface area contributed by atoms with Gasteiger partial charge in [0.15, 0.2) is 0 Å². The maximum absolute atomic E-state index is 11.4. The Kier molecular flexibility index (Phi) is 4.51. The standard InChI is InChI=1S/C23H33NO3/c1-14(24-26)19-7-8-20-18-6-5-16-13-17(27-15(2)25)9-11-22(16,3)21(18)10-12-23(19,20)4/h5,7,17-18,20-21,26H,6,8-13H2,1-4H3/b24-14+/t17-,18+,20+,21+,22-,23+/m0/s1. The van der Waals surface area contributed by atoms with Crippen molar-refractivity contribution in [2.24, 2.45) is 33.7 Å². The highest BCUT2D eigenvalue weighted by molar-refractivity contribution is 5.99. The number of esters is 1. The van der Waals surface area contributed by atoms with Gasteiger partial charge in [-0.3, -0.25) is 4.79 Å². The van der Waals surface area contributed by atoms with E-state index in [0.29, 0.717) is 17.8 Å². The Morgan fingerprint density at radius 3 is 2.56 bits per heavy atom. The van der Waals surface area contributed by atoms with E-state index in [4.69, 9.17) is 4.74 Å². The van der Waals surface area contributed by atoms with Crippen molar-refractivity contribution >= 4 is 11.7 Å². The number of hydrogen-bond acceptors (Lipinski definition) is 4. The fourth-order valence-electron chi connectivity index (χ4n) is 7.14. The van der Waals surface area contributed by atoms with E-state index in [1.54, 1.807) is 0 Å². The number of carbonyl (C=O) groups excluding carboxylic acids is 1. The average molecular weight is 372 g/mol. The van der Waals surface area contributed by atoms with Crippen LogP contribution in [0.2, 0.25) is 0 Å². The molecule has 2 fully saturated rings. The first-order valence-electron chi connectivity index (χ1n) is 10.6. The van der Waals surface area contributed by atoms with Crippen LogP contribution in [0.15, 0.2) is 28.5 Å². The first kappa shape index (κ1) is 18.8. The highest BCUT2D eigenvalue weighted by Gasteiger charge is 2.57. The molecule has 0 unspecified atom stereocenters. The van der Waals surface area contributed by atoms with Gasteiger partial charge in [0, 0.05) is 13.3 Å². The second-order valence-electron chi connectivity index (χ2n) is 9.73. The van der Waals surface area contributed by atoms with Crippen LogP contribution in [0.3, 0.4) is 0 Å². The van der Waals surface area contributed by atoms with Gasteiger partial charge < -0.3 is 9.94 Å². The van der Waals surface area contributed by atoms with Crippen molar-refractivity contribution < 1.29 is 14.7 Å². The Balaban J connectivity index is 1.59. The number of fused-ring (bicyclic) bond motifs is 5. The van der Waals surface area contributed by atoms with E-state index in [9.17, 15) is 10.0 Å². The minimum atomic E-state index is -0.156. The molecule has 4 aliphatic rings. The molecule has 0 spiro atoms. The summed E-state index contributed by atoms with van der Waals surface area (Å²) in [7, 11) is 0. The van der Waals surface area contributed by atoms with Crippen LogP contribution < -0.4 is 0 Å². The third kappa shape index (κ3) is 2.78. The van der Waals surface area contributed by atoms with Crippen LogP contribution in [0.25, 0.3) is 0 Å². The highest BCUT2D eigenvalue weighted by atomic mass is 16.5. The zero-order chi connectivity index (χ0) is 19.4. The van der Waals surface area contributed by atoms with E-state index in [1.165, 1.54) is 30.9 Å². The normalized spacial score (nSPS) is 43.8. The molecule has 0 bridgehead atoms. The van der Waals surface area contributed by atoms with E-state index in [-0.39, 0.29) is 22.9 Å². The van der Waals surface area contributed by atoms with Gasteiger partial charge in [0.25, 0.3) is 0 Å². The number of oxime groups is 1. The summed E-state index contributed by atoms with van der Waals surface area (Å²) in [5, 5.41) is 12.8. The van der Waals surface area contributed by atoms with Gasteiger partial charge in [0.1, 0.15) is 6.10 Å². The van der Waals surface area contributed by atoms with Gasteiger partial charge in [0.05, 0.1) is 5.71 Å². The number of allylic oxidation sites excluding steroid dienone is 3. The van der Waals surface area contributed by atoms with Gasteiger partial charge in [-0.05, 0) is 79.6 Å². The molecule has 0 aromatic carbocycles. The molecule has 4 heteroatoms. The van der Waals surface area contributed by atoms with E-state index in [0.717, 1.165) is 37.8 Å². The van der Waals surface area contributed by atoms with E-state index < -0.39 is 0 Å². The first-order valence-corrected chi connectivity index (χ1v) is 10.6. The van der Waals surface area contributed by atoms with Crippen molar-refractivity contribution in [2.75, 3.05) is 0 Å². The summed E-state index contributed by atoms with van der Waals surface area (Å²) in [5.41, 5.74) is 3.99. The molecule has 148 valence electrons. The maximum atomic E-state index is 11.4. The molecule has 0 heterocycles. The second kappa shape index (κ2) is 6.49. The van der Waals surface area contributed by atoms with Gasteiger partial charge in [-0.1, -0.05) is 36.7 Å². The molecular weight excluding hydrogens is 338 g/mol.